The third-order valence-corrected chi connectivity index (χ3v) is 6.19. The summed E-state index contributed by atoms with van der Waals surface area (Å²) in [4.78, 5) is 0. The highest BCUT2D eigenvalue weighted by atomic mass is 19.2. The first kappa shape index (κ1) is 24.4. The molecule has 0 aliphatic carbocycles. The first-order chi connectivity index (χ1) is 17.1. The first-order valence-electron chi connectivity index (χ1n) is 12.1. The molecule has 4 aromatic carbocycles. The Labute approximate surface area is 206 Å². The minimum absolute atomic E-state index is 0.0639. The van der Waals surface area contributed by atoms with Crippen molar-refractivity contribution in [2.75, 3.05) is 6.61 Å². The molecule has 0 radical (unpaired) electrons. The lowest BCUT2D eigenvalue weighted by Gasteiger charge is -2.10. The van der Waals surface area contributed by atoms with Crippen LogP contribution in [0.1, 0.15) is 30.0 Å². The maximum Gasteiger partial charge on any atom is 0.201 e. The Bertz CT molecular complexity index is 1260. The van der Waals surface area contributed by atoms with E-state index < -0.39 is 11.6 Å². The summed E-state index contributed by atoms with van der Waals surface area (Å²) in [6, 6.07) is 27.9. The topological polar surface area (TPSA) is 9.23 Å². The molecule has 4 aromatic rings. The Morgan fingerprint density at radius 1 is 0.629 bits per heavy atom. The van der Waals surface area contributed by atoms with Gasteiger partial charge in [0.1, 0.15) is 0 Å². The number of hydrogen-bond acceptors (Lipinski definition) is 1. The van der Waals surface area contributed by atoms with Crippen LogP contribution in [-0.2, 0) is 19.3 Å². The van der Waals surface area contributed by atoms with E-state index in [4.69, 9.17) is 4.74 Å². The van der Waals surface area contributed by atoms with E-state index >= 15 is 0 Å². The van der Waals surface area contributed by atoms with Crippen LogP contribution in [0.4, 0.5) is 8.78 Å². The summed E-state index contributed by atoms with van der Waals surface area (Å²) in [6.07, 6.45) is 5.98. The zero-order valence-corrected chi connectivity index (χ0v) is 20.1. The van der Waals surface area contributed by atoms with Crippen molar-refractivity contribution in [1.29, 1.82) is 0 Å². The van der Waals surface area contributed by atoms with Gasteiger partial charge in [-0.15, -0.1) is 6.58 Å². The second-order valence-electron chi connectivity index (χ2n) is 8.59. The van der Waals surface area contributed by atoms with Crippen LogP contribution in [0.25, 0.3) is 22.3 Å². The van der Waals surface area contributed by atoms with Crippen molar-refractivity contribution in [3.63, 3.8) is 0 Å². The highest BCUT2D eigenvalue weighted by Crippen LogP contribution is 2.31. The molecule has 0 saturated carbocycles. The van der Waals surface area contributed by atoms with Gasteiger partial charge in [0, 0.05) is 5.56 Å². The fourth-order valence-corrected chi connectivity index (χ4v) is 4.16. The van der Waals surface area contributed by atoms with Gasteiger partial charge in [0.05, 0.1) is 6.61 Å². The lowest BCUT2D eigenvalue weighted by atomic mass is 9.97. The van der Waals surface area contributed by atoms with Crippen molar-refractivity contribution in [3.05, 3.63) is 126 Å². The summed E-state index contributed by atoms with van der Waals surface area (Å²) in [6.45, 7) is 5.80. The van der Waals surface area contributed by atoms with Crippen LogP contribution in [0, 0.1) is 11.6 Å². The molecular weight excluding hydrogens is 438 g/mol. The summed E-state index contributed by atoms with van der Waals surface area (Å²) in [7, 11) is 0. The third-order valence-electron chi connectivity index (χ3n) is 6.19. The molecule has 178 valence electrons. The van der Waals surface area contributed by atoms with Gasteiger partial charge in [0.25, 0.3) is 0 Å². The summed E-state index contributed by atoms with van der Waals surface area (Å²) in [5, 5.41) is 0. The molecule has 0 aliphatic rings. The number of allylic oxidation sites excluding steroid dienone is 1. The lowest BCUT2D eigenvalue weighted by Crippen LogP contribution is -1.98. The molecule has 0 spiro atoms. The largest absolute Gasteiger partial charge is 0.491 e. The van der Waals surface area contributed by atoms with Gasteiger partial charge in [-0.3, -0.25) is 0 Å². The molecule has 0 fully saturated rings. The minimum Gasteiger partial charge on any atom is -0.491 e. The molecule has 0 aromatic heterocycles. The Morgan fingerprint density at radius 2 is 1.11 bits per heavy atom. The molecule has 0 heterocycles. The van der Waals surface area contributed by atoms with Gasteiger partial charge in [-0.25, -0.2) is 4.39 Å². The van der Waals surface area contributed by atoms with E-state index in [1.807, 2.05) is 30.3 Å². The molecule has 0 bridgehead atoms. The van der Waals surface area contributed by atoms with Gasteiger partial charge < -0.3 is 4.74 Å². The summed E-state index contributed by atoms with van der Waals surface area (Å²) < 4.78 is 33.9. The van der Waals surface area contributed by atoms with Crippen LogP contribution < -0.4 is 4.74 Å². The summed E-state index contributed by atoms with van der Waals surface area (Å²) in [5.41, 5.74) is 6.94. The number of halogens is 2. The number of benzene rings is 4. The number of ether oxygens (including phenoxy) is 1. The zero-order chi connectivity index (χ0) is 24.6. The predicted molar refractivity (Wildman–Crippen MR) is 141 cm³/mol. The average Bonchev–Trinajstić information content (AvgIpc) is 2.90. The molecule has 0 amide bonds. The highest BCUT2D eigenvalue weighted by molar-refractivity contribution is 5.71. The first-order valence-corrected chi connectivity index (χ1v) is 12.1. The average molecular weight is 469 g/mol. The smallest absolute Gasteiger partial charge is 0.201 e. The van der Waals surface area contributed by atoms with E-state index in [0.717, 1.165) is 36.8 Å². The Balaban J connectivity index is 1.40. The van der Waals surface area contributed by atoms with Gasteiger partial charge in [-0.1, -0.05) is 78.9 Å². The maximum atomic E-state index is 14.5. The standard InChI is InChI=1S/C32H30F2O/c1-3-5-6-23-7-9-24(10-8-23)11-12-25-13-15-26(16-14-25)27-17-19-28(20-18-27)29-21-22-30(35-4-2)32(34)31(29)33/h3,7-10,13-22H,1,4-6,11-12H2,2H3. The molecule has 0 unspecified atom stereocenters. The predicted octanol–water partition coefficient (Wildman–Crippen LogP) is 8.60. The normalized spacial score (nSPS) is 10.8. The molecule has 0 N–H and O–H groups in total. The van der Waals surface area contributed by atoms with Crippen molar-refractivity contribution < 1.29 is 13.5 Å². The van der Waals surface area contributed by atoms with Crippen LogP contribution in [0.5, 0.6) is 5.75 Å². The van der Waals surface area contributed by atoms with Crippen LogP contribution in [0.15, 0.2) is 97.6 Å². The fraction of sp³-hybridized carbons (Fsp3) is 0.188. The van der Waals surface area contributed by atoms with Crippen molar-refractivity contribution in [3.8, 4) is 28.0 Å². The second kappa shape index (κ2) is 11.6. The Morgan fingerprint density at radius 3 is 1.66 bits per heavy atom. The van der Waals surface area contributed by atoms with E-state index in [9.17, 15) is 8.78 Å². The minimum atomic E-state index is -0.951. The molecular formula is C32H30F2O. The van der Waals surface area contributed by atoms with E-state index in [-0.39, 0.29) is 17.9 Å². The van der Waals surface area contributed by atoms with Gasteiger partial charge in [0.15, 0.2) is 11.6 Å². The fourth-order valence-electron chi connectivity index (χ4n) is 4.16. The van der Waals surface area contributed by atoms with E-state index in [2.05, 4.69) is 55.1 Å². The summed E-state index contributed by atoms with van der Waals surface area (Å²) >= 11 is 0. The highest BCUT2D eigenvalue weighted by Gasteiger charge is 2.15. The van der Waals surface area contributed by atoms with Gasteiger partial charge in [-0.05, 0) is 78.1 Å². The van der Waals surface area contributed by atoms with E-state index in [1.165, 1.54) is 22.8 Å². The van der Waals surface area contributed by atoms with Gasteiger partial charge >= 0.3 is 0 Å². The van der Waals surface area contributed by atoms with Crippen LogP contribution in [0.3, 0.4) is 0 Å². The maximum absolute atomic E-state index is 14.5. The number of aryl methyl sites for hydroxylation is 3. The molecule has 1 nitrogen and oxygen atoms in total. The quantitative estimate of drug-likeness (QED) is 0.212. The molecule has 4 rings (SSSR count). The van der Waals surface area contributed by atoms with E-state index in [1.54, 1.807) is 13.0 Å². The number of hydrogen-bond donors (Lipinski definition) is 0. The van der Waals surface area contributed by atoms with Gasteiger partial charge in [0.2, 0.25) is 5.82 Å². The van der Waals surface area contributed by atoms with Crippen molar-refractivity contribution in [2.45, 2.75) is 32.6 Å². The third kappa shape index (κ3) is 6.05. The van der Waals surface area contributed by atoms with Crippen LogP contribution >= 0.6 is 0 Å². The SMILES string of the molecule is C=CCCc1ccc(CCc2ccc(-c3ccc(-c4ccc(OCC)c(F)c4F)cc3)cc2)cc1. The Hall–Kier alpha value is -3.72. The van der Waals surface area contributed by atoms with Crippen LogP contribution in [-0.4, -0.2) is 6.61 Å². The molecule has 0 aliphatic heterocycles. The van der Waals surface area contributed by atoms with Gasteiger partial charge in [-0.2, -0.15) is 4.39 Å². The van der Waals surface area contributed by atoms with Crippen molar-refractivity contribution in [2.24, 2.45) is 0 Å². The van der Waals surface area contributed by atoms with Crippen molar-refractivity contribution in [1.82, 2.24) is 0 Å². The zero-order valence-electron chi connectivity index (χ0n) is 20.1. The second-order valence-corrected chi connectivity index (χ2v) is 8.59. The molecule has 35 heavy (non-hydrogen) atoms. The van der Waals surface area contributed by atoms with E-state index in [0.29, 0.717) is 5.56 Å². The lowest BCUT2D eigenvalue weighted by molar-refractivity contribution is 0.314. The van der Waals surface area contributed by atoms with Crippen molar-refractivity contribution >= 4 is 0 Å². The molecule has 3 heteroatoms. The van der Waals surface area contributed by atoms with Crippen LogP contribution in [0.2, 0.25) is 0 Å². The molecule has 0 saturated heterocycles. The number of rotatable bonds is 10. The monoisotopic (exact) mass is 468 g/mol. The summed E-state index contributed by atoms with van der Waals surface area (Å²) in [5.74, 6) is -1.90. The molecule has 0 atom stereocenters. The Kier molecular flexibility index (Phi) is 8.10.